The normalized spacial score (nSPS) is 17.9. The van der Waals surface area contributed by atoms with Crippen LogP contribution < -0.4 is 15.1 Å². The summed E-state index contributed by atoms with van der Waals surface area (Å²) >= 11 is 0. The number of anilines is 4. The molecule has 8 nitrogen and oxygen atoms in total. The smallest absolute Gasteiger partial charge is 0.136 e. The van der Waals surface area contributed by atoms with Crippen molar-refractivity contribution in [3.63, 3.8) is 0 Å². The summed E-state index contributed by atoms with van der Waals surface area (Å²) in [7, 11) is 0. The Kier molecular flexibility index (Phi) is 5.38. The average Bonchev–Trinajstić information content (AvgIpc) is 2.67. The summed E-state index contributed by atoms with van der Waals surface area (Å²) in [6, 6.07) is 5.96. The molecular formula is C21H28N6O2. The highest BCUT2D eigenvalue weighted by atomic mass is 16.3. The Hall–Kier alpha value is -2.71. The molecule has 2 aromatic rings. The predicted molar refractivity (Wildman–Crippen MR) is 115 cm³/mol. The first-order chi connectivity index (χ1) is 13.9. The minimum absolute atomic E-state index is 0.215. The molecule has 0 saturated carbocycles. The van der Waals surface area contributed by atoms with Crippen LogP contribution in [0.4, 0.5) is 23.0 Å². The van der Waals surface area contributed by atoms with E-state index >= 15 is 0 Å². The molecule has 2 fully saturated rings. The Morgan fingerprint density at radius 3 is 2.41 bits per heavy atom. The number of aryl methyl sites for hydroxylation is 2. The number of β-amino-alcohol motifs (C(OH)–C–C–N with tert-alkyl or cyclic N) is 1. The molecule has 2 saturated heterocycles. The first-order valence-electron chi connectivity index (χ1n) is 10.1. The van der Waals surface area contributed by atoms with E-state index in [2.05, 4.69) is 33.2 Å². The number of piperidine rings is 1. The van der Waals surface area contributed by atoms with E-state index in [1.165, 1.54) is 6.21 Å². The number of hydrogen-bond acceptors (Lipinski definition) is 8. The van der Waals surface area contributed by atoms with E-state index in [-0.39, 0.29) is 12.2 Å². The van der Waals surface area contributed by atoms with Crippen molar-refractivity contribution in [3.05, 3.63) is 35.2 Å². The van der Waals surface area contributed by atoms with Gasteiger partial charge in [-0.25, -0.2) is 9.97 Å². The van der Waals surface area contributed by atoms with Crippen LogP contribution in [0.2, 0.25) is 0 Å². The maximum absolute atomic E-state index is 9.81. The maximum Gasteiger partial charge on any atom is 0.136 e. The molecule has 8 heteroatoms. The summed E-state index contributed by atoms with van der Waals surface area (Å²) in [5, 5.41) is 30.6. The van der Waals surface area contributed by atoms with Crippen LogP contribution >= 0.6 is 0 Å². The molecule has 0 aliphatic carbocycles. The van der Waals surface area contributed by atoms with Gasteiger partial charge in [0.1, 0.15) is 17.5 Å². The number of aliphatic hydroxyl groups is 2. The fourth-order valence-electron chi connectivity index (χ4n) is 3.95. The van der Waals surface area contributed by atoms with Crippen molar-refractivity contribution in [2.45, 2.75) is 38.9 Å². The zero-order chi connectivity index (χ0) is 20.5. The van der Waals surface area contributed by atoms with Crippen molar-refractivity contribution < 1.29 is 10.2 Å². The monoisotopic (exact) mass is 396 g/mol. The van der Waals surface area contributed by atoms with Crippen LogP contribution in [0.1, 0.15) is 29.8 Å². The van der Waals surface area contributed by atoms with Crippen molar-refractivity contribution in [2.75, 3.05) is 41.3 Å². The number of nitrogens with one attached hydrogen (secondary N) is 2. The van der Waals surface area contributed by atoms with Gasteiger partial charge in [0.05, 0.1) is 17.9 Å². The Morgan fingerprint density at radius 1 is 1.03 bits per heavy atom. The number of aromatic nitrogens is 2. The van der Waals surface area contributed by atoms with E-state index in [1.807, 2.05) is 24.0 Å². The molecule has 29 heavy (non-hydrogen) atoms. The number of benzene rings is 1. The second kappa shape index (κ2) is 7.96. The third-order valence-electron chi connectivity index (χ3n) is 5.60. The van der Waals surface area contributed by atoms with Crippen LogP contribution in [0.3, 0.4) is 0 Å². The second-order valence-electron chi connectivity index (χ2n) is 7.93. The molecule has 0 radical (unpaired) electrons. The lowest BCUT2D eigenvalue weighted by molar-refractivity contribution is 0.141. The summed E-state index contributed by atoms with van der Waals surface area (Å²) in [5.74, 6) is 2.11. The van der Waals surface area contributed by atoms with E-state index in [0.717, 1.165) is 54.3 Å². The second-order valence-corrected chi connectivity index (χ2v) is 7.93. The van der Waals surface area contributed by atoms with Gasteiger partial charge in [0.2, 0.25) is 0 Å². The van der Waals surface area contributed by atoms with E-state index in [9.17, 15) is 10.2 Å². The minimum Gasteiger partial charge on any atom is -0.393 e. The predicted octanol–water partition coefficient (Wildman–Crippen LogP) is 1.98. The van der Waals surface area contributed by atoms with Gasteiger partial charge in [0.25, 0.3) is 0 Å². The molecule has 1 aromatic carbocycles. The fourth-order valence-corrected chi connectivity index (χ4v) is 3.95. The SMILES string of the molecule is Cc1nc(Nc2cc(N3CCC(O)CC3)c(C)cc2C=N)cc(N2CC(O)C2)n1. The highest BCUT2D eigenvalue weighted by molar-refractivity contribution is 5.89. The van der Waals surface area contributed by atoms with Gasteiger partial charge in [-0.2, -0.15) is 0 Å². The van der Waals surface area contributed by atoms with Crippen molar-refractivity contribution in [1.82, 2.24) is 9.97 Å². The lowest BCUT2D eigenvalue weighted by atomic mass is 10.0. The first-order valence-corrected chi connectivity index (χ1v) is 10.1. The molecule has 0 amide bonds. The molecule has 0 spiro atoms. The third kappa shape index (κ3) is 4.18. The van der Waals surface area contributed by atoms with Crippen LogP contribution in [0.15, 0.2) is 18.2 Å². The lowest BCUT2D eigenvalue weighted by Crippen LogP contribution is -2.51. The molecule has 1 aromatic heterocycles. The van der Waals surface area contributed by atoms with Crippen LogP contribution in [-0.2, 0) is 0 Å². The summed E-state index contributed by atoms with van der Waals surface area (Å²) in [6.07, 6.45) is 2.37. The molecule has 2 aliphatic heterocycles. The van der Waals surface area contributed by atoms with Gasteiger partial charge in [0, 0.05) is 49.7 Å². The molecule has 4 N–H and O–H groups in total. The van der Waals surface area contributed by atoms with E-state index in [1.54, 1.807) is 0 Å². The largest absolute Gasteiger partial charge is 0.393 e. The average molecular weight is 396 g/mol. The van der Waals surface area contributed by atoms with Crippen LogP contribution in [0.5, 0.6) is 0 Å². The Morgan fingerprint density at radius 2 is 1.76 bits per heavy atom. The molecular weight excluding hydrogens is 368 g/mol. The van der Waals surface area contributed by atoms with Gasteiger partial charge in [-0.15, -0.1) is 0 Å². The number of aliphatic hydroxyl groups excluding tert-OH is 2. The minimum atomic E-state index is -0.297. The Bertz CT molecular complexity index is 904. The van der Waals surface area contributed by atoms with Crippen molar-refractivity contribution >= 4 is 29.2 Å². The standard InChI is InChI=1S/C21H28N6O2/c1-13-7-15(10-22)18(8-19(13)26-5-3-16(28)4-6-26)25-20-9-21(24-14(2)23-20)27-11-17(29)12-27/h7-10,16-17,22,28-29H,3-6,11-12H2,1-2H3,(H,23,24,25). The summed E-state index contributed by atoms with van der Waals surface area (Å²) in [5.41, 5.74) is 3.83. The number of nitrogens with zero attached hydrogens (tertiary/aromatic N) is 4. The molecule has 4 rings (SSSR count). The van der Waals surface area contributed by atoms with Crippen LogP contribution in [-0.4, -0.2) is 64.8 Å². The van der Waals surface area contributed by atoms with Gasteiger partial charge < -0.3 is 30.7 Å². The van der Waals surface area contributed by atoms with Gasteiger partial charge in [-0.3, -0.25) is 0 Å². The molecule has 0 bridgehead atoms. The topological polar surface area (TPSA) is 109 Å². The highest BCUT2D eigenvalue weighted by Gasteiger charge is 2.26. The van der Waals surface area contributed by atoms with Crippen LogP contribution in [0, 0.1) is 19.3 Å². The molecule has 2 aliphatic rings. The van der Waals surface area contributed by atoms with Crippen molar-refractivity contribution in [1.29, 1.82) is 5.41 Å². The van der Waals surface area contributed by atoms with Gasteiger partial charge in [-0.05, 0) is 44.4 Å². The Labute approximate surface area is 170 Å². The maximum atomic E-state index is 9.81. The quantitative estimate of drug-likeness (QED) is 0.572. The van der Waals surface area contributed by atoms with Gasteiger partial charge >= 0.3 is 0 Å². The Balaban J connectivity index is 1.62. The lowest BCUT2D eigenvalue weighted by Gasteiger charge is -2.37. The molecule has 0 unspecified atom stereocenters. The first kappa shape index (κ1) is 19.6. The number of hydrogen-bond donors (Lipinski definition) is 4. The zero-order valence-electron chi connectivity index (χ0n) is 16.9. The van der Waals surface area contributed by atoms with E-state index in [4.69, 9.17) is 5.41 Å². The van der Waals surface area contributed by atoms with Crippen molar-refractivity contribution in [2.24, 2.45) is 0 Å². The van der Waals surface area contributed by atoms with Gasteiger partial charge in [0.15, 0.2) is 0 Å². The summed E-state index contributed by atoms with van der Waals surface area (Å²) in [4.78, 5) is 13.3. The fraction of sp³-hybridized carbons (Fsp3) is 0.476. The highest BCUT2D eigenvalue weighted by Crippen LogP contribution is 2.32. The van der Waals surface area contributed by atoms with Gasteiger partial charge in [-0.1, -0.05) is 0 Å². The van der Waals surface area contributed by atoms with E-state index in [0.29, 0.717) is 24.7 Å². The van der Waals surface area contributed by atoms with Crippen molar-refractivity contribution in [3.8, 4) is 0 Å². The molecule has 154 valence electrons. The third-order valence-corrected chi connectivity index (χ3v) is 5.60. The molecule has 3 heterocycles. The number of rotatable bonds is 5. The van der Waals surface area contributed by atoms with E-state index < -0.39 is 0 Å². The zero-order valence-corrected chi connectivity index (χ0v) is 16.9. The summed E-state index contributed by atoms with van der Waals surface area (Å²) in [6.45, 7) is 6.70. The molecule has 0 atom stereocenters. The van der Waals surface area contributed by atoms with Crippen LogP contribution in [0.25, 0.3) is 0 Å². The summed E-state index contributed by atoms with van der Waals surface area (Å²) < 4.78 is 0.